The normalized spacial score (nSPS) is 24.5. The van der Waals surface area contributed by atoms with E-state index in [1.807, 2.05) is 6.92 Å². The Morgan fingerprint density at radius 2 is 1.76 bits per heavy atom. The molecular formula is C13H25F3N2O2S. The maximum absolute atomic E-state index is 12.3. The maximum atomic E-state index is 12.3. The van der Waals surface area contributed by atoms with Gasteiger partial charge in [0, 0.05) is 25.0 Å². The molecule has 0 atom stereocenters. The highest BCUT2D eigenvalue weighted by atomic mass is 32.2. The Labute approximate surface area is 124 Å². The second-order valence-electron chi connectivity index (χ2n) is 5.71. The molecule has 4 nitrogen and oxygen atoms in total. The largest absolute Gasteiger partial charge is 0.389 e. The van der Waals surface area contributed by atoms with Gasteiger partial charge in [-0.1, -0.05) is 6.92 Å². The van der Waals surface area contributed by atoms with E-state index >= 15 is 0 Å². The Morgan fingerprint density at radius 1 is 1.19 bits per heavy atom. The van der Waals surface area contributed by atoms with Crippen molar-refractivity contribution in [2.45, 2.75) is 70.1 Å². The average molecular weight is 330 g/mol. The zero-order valence-corrected chi connectivity index (χ0v) is 13.2. The third-order valence-corrected chi connectivity index (χ3v) is 5.81. The molecule has 2 N–H and O–H groups in total. The Balaban J connectivity index is 2.64. The van der Waals surface area contributed by atoms with Crippen molar-refractivity contribution in [3.8, 4) is 0 Å². The van der Waals surface area contributed by atoms with Crippen LogP contribution < -0.4 is 5.73 Å². The van der Waals surface area contributed by atoms with Crippen LogP contribution in [0.15, 0.2) is 0 Å². The highest BCUT2D eigenvalue weighted by Gasteiger charge is 2.33. The van der Waals surface area contributed by atoms with Crippen LogP contribution in [0.25, 0.3) is 0 Å². The molecule has 0 bridgehead atoms. The molecule has 1 rings (SSSR count). The molecule has 0 unspecified atom stereocenters. The monoisotopic (exact) mass is 330 g/mol. The van der Waals surface area contributed by atoms with Gasteiger partial charge in [0.1, 0.15) is 0 Å². The van der Waals surface area contributed by atoms with Gasteiger partial charge in [-0.05, 0) is 38.5 Å². The van der Waals surface area contributed by atoms with E-state index in [2.05, 4.69) is 0 Å². The number of sulfonamides is 1. The SMILES string of the molecule is CCCN(C1CCC(N)CC1)S(=O)(=O)CCCC(F)(F)F. The zero-order valence-electron chi connectivity index (χ0n) is 12.4. The van der Waals surface area contributed by atoms with E-state index in [9.17, 15) is 21.6 Å². The second kappa shape index (κ2) is 7.78. The number of nitrogens with zero attached hydrogens (tertiary/aromatic N) is 1. The van der Waals surface area contributed by atoms with Crippen LogP contribution in [0.1, 0.15) is 51.9 Å². The topological polar surface area (TPSA) is 63.4 Å². The van der Waals surface area contributed by atoms with E-state index in [1.165, 1.54) is 4.31 Å². The lowest BCUT2D eigenvalue weighted by atomic mass is 9.92. The molecule has 21 heavy (non-hydrogen) atoms. The van der Waals surface area contributed by atoms with Crippen LogP contribution in [0.2, 0.25) is 0 Å². The standard InChI is InChI=1S/C13H25F3N2O2S/c1-2-9-18(12-6-4-11(17)5-7-12)21(19,20)10-3-8-13(14,15)16/h11-12H,2-10,17H2,1H3. The molecular weight excluding hydrogens is 305 g/mol. The van der Waals surface area contributed by atoms with Gasteiger partial charge in [-0.2, -0.15) is 17.5 Å². The third kappa shape index (κ3) is 6.52. The predicted molar refractivity (Wildman–Crippen MR) is 76.3 cm³/mol. The summed E-state index contributed by atoms with van der Waals surface area (Å²) in [6.45, 7) is 2.24. The van der Waals surface area contributed by atoms with E-state index in [1.54, 1.807) is 0 Å². The van der Waals surface area contributed by atoms with Crippen molar-refractivity contribution in [3.63, 3.8) is 0 Å². The van der Waals surface area contributed by atoms with Gasteiger partial charge in [0.15, 0.2) is 0 Å². The lowest BCUT2D eigenvalue weighted by Gasteiger charge is -2.35. The molecule has 1 aliphatic carbocycles. The molecule has 0 heterocycles. The number of alkyl halides is 3. The second-order valence-corrected chi connectivity index (χ2v) is 7.76. The summed E-state index contributed by atoms with van der Waals surface area (Å²) in [7, 11) is -3.63. The number of hydrogen-bond acceptors (Lipinski definition) is 3. The van der Waals surface area contributed by atoms with Gasteiger partial charge in [0.25, 0.3) is 0 Å². The summed E-state index contributed by atoms with van der Waals surface area (Å²) in [4.78, 5) is 0. The summed E-state index contributed by atoms with van der Waals surface area (Å²) >= 11 is 0. The van der Waals surface area contributed by atoms with Gasteiger partial charge in [-0.25, -0.2) is 8.42 Å². The smallest absolute Gasteiger partial charge is 0.328 e. The van der Waals surface area contributed by atoms with E-state index in [4.69, 9.17) is 5.73 Å². The Morgan fingerprint density at radius 3 is 2.24 bits per heavy atom. The van der Waals surface area contributed by atoms with Gasteiger partial charge in [0.05, 0.1) is 5.75 Å². The van der Waals surface area contributed by atoms with Crippen molar-refractivity contribution >= 4 is 10.0 Å². The quantitative estimate of drug-likeness (QED) is 0.780. The van der Waals surface area contributed by atoms with E-state index in [0.717, 1.165) is 12.8 Å². The molecule has 0 amide bonds. The molecule has 0 aromatic rings. The predicted octanol–water partition coefficient (Wildman–Crippen LogP) is 2.64. The van der Waals surface area contributed by atoms with Gasteiger partial charge in [-0.3, -0.25) is 0 Å². The van der Waals surface area contributed by atoms with E-state index < -0.39 is 28.4 Å². The summed E-state index contributed by atoms with van der Waals surface area (Å²) in [5, 5.41) is 0. The van der Waals surface area contributed by atoms with Crippen LogP contribution in [0.3, 0.4) is 0 Å². The molecule has 126 valence electrons. The molecule has 0 aliphatic heterocycles. The zero-order chi connectivity index (χ0) is 16.1. The average Bonchev–Trinajstić information content (AvgIpc) is 2.35. The Hall–Kier alpha value is -0.340. The van der Waals surface area contributed by atoms with Crippen LogP contribution in [-0.2, 0) is 10.0 Å². The number of hydrogen-bond donors (Lipinski definition) is 1. The van der Waals surface area contributed by atoms with Crippen molar-refractivity contribution in [1.29, 1.82) is 0 Å². The van der Waals surface area contributed by atoms with E-state index in [-0.39, 0.29) is 18.5 Å². The Kier molecular flexibility index (Phi) is 6.93. The first-order valence-corrected chi connectivity index (χ1v) is 9.08. The lowest BCUT2D eigenvalue weighted by molar-refractivity contribution is -0.134. The van der Waals surface area contributed by atoms with Crippen molar-refractivity contribution in [1.82, 2.24) is 4.31 Å². The highest BCUT2D eigenvalue weighted by molar-refractivity contribution is 7.89. The summed E-state index contributed by atoms with van der Waals surface area (Å²) in [5.41, 5.74) is 5.82. The minimum atomic E-state index is -4.30. The van der Waals surface area contributed by atoms with E-state index in [0.29, 0.717) is 25.8 Å². The summed E-state index contributed by atoms with van der Waals surface area (Å²) < 4.78 is 62.5. The lowest BCUT2D eigenvalue weighted by Crippen LogP contribution is -2.45. The molecule has 0 radical (unpaired) electrons. The molecule has 1 aliphatic rings. The summed E-state index contributed by atoms with van der Waals surface area (Å²) in [6, 6.07) is -0.00158. The summed E-state index contributed by atoms with van der Waals surface area (Å²) in [6.07, 6.45) is -2.16. The van der Waals surface area contributed by atoms with Crippen LogP contribution in [0.5, 0.6) is 0 Å². The van der Waals surface area contributed by atoms with Gasteiger partial charge in [0.2, 0.25) is 10.0 Å². The van der Waals surface area contributed by atoms with Crippen LogP contribution in [0.4, 0.5) is 13.2 Å². The Bertz CT molecular complexity index is 404. The minimum Gasteiger partial charge on any atom is -0.328 e. The molecule has 1 saturated carbocycles. The highest BCUT2D eigenvalue weighted by Crippen LogP contribution is 2.26. The van der Waals surface area contributed by atoms with Gasteiger partial charge in [-0.15, -0.1) is 0 Å². The van der Waals surface area contributed by atoms with Crippen LogP contribution in [0, 0.1) is 0 Å². The maximum Gasteiger partial charge on any atom is 0.389 e. The first-order valence-electron chi connectivity index (χ1n) is 7.47. The molecule has 0 saturated heterocycles. The minimum absolute atomic E-state index is 0.109. The van der Waals surface area contributed by atoms with Crippen LogP contribution >= 0.6 is 0 Å². The molecule has 0 spiro atoms. The fraction of sp³-hybridized carbons (Fsp3) is 1.00. The number of halogens is 3. The molecule has 0 aromatic carbocycles. The van der Waals surface area contributed by atoms with Crippen molar-refractivity contribution in [3.05, 3.63) is 0 Å². The molecule has 8 heteroatoms. The van der Waals surface area contributed by atoms with Crippen molar-refractivity contribution in [2.75, 3.05) is 12.3 Å². The van der Waals surface area contributed by atoms with Crippen molar-refractivity contribution in [2.24, 2.45) is 5.73 Å². The third-order valence-electron chi connectivity index (χ3n) is 3.81. The molecule has 0 aromatic heterocycles. The fourth-order valence-corrected chi connectivity index (χ4v) is 4.60. The van der Waals surface area contributed by atoms with Crippen LogP contribution in [-0.4, -0.2) is 43.3 Å². The first kappa shape index (κ1) is 18.7. The number of rotatable bonds is 7. The summed E-state index contributed by atoms with van der Waals surface area (Å²) in [5.74, 6) is -0.435. The first-order chi connectivity index (χ1) is 9.65. The van der Waals surface area contributed by atoms with Gasteiger partial charge >= 0.3 is 6.18 Å². The molecule has 1 fully saturated rings. The number of nitrogens with two attached hydrogens (primary N) is 1. The fourth-order valence-electron chi connectivity index (χ4n) is 2.73. The van der Waals surface area contributed by atoms with Gasteiger partial charge < -0.3 is 5.73 Å². The van der Waals surface area contributed by atoms with Crippen molar-refractivity contribution < 1.29 is 21.6 Å².